The van der Waals surface area contributed by atoms with Crippen LogP contribution in [0.1, 0.15) is 22.7 Å². The fraction of sp³-hybridized carbons (Fsp3) is 0.0500. The van der Waals surface area contributed by atoms with Gasteiger partial charge in [0.25, 0.3) is 0 Å². The smallest absolute Gasteiger partial charge is 0.123 e. The molecule has 0 heterocycles. The summed E-state index contributed by atoms with van der Waals surface area (Å²) in [5.41, 5.74) is 2.92. The zero-order valence-corrected chi connectivity index (χ0v) is 13.9. The second-order valence-electron chi connectivity index (χ2n) is 5.17. The zero-order chi connectivity index (χ0) is 16.1. The summed E-state index contributed by atoms with van der Waals surface area (Å²) < 4.78 is 14.3. The normalized spacial score (nSPS) is 11.3. The van der Waals surface area contributed by atoms with E-state index in [0.29, 0.717) is 0 Å². The molecule has 3 aromatic carbocycles. The van der Waals surface area contributed by atoms with Crippen LogP contribution in [0.25, 0.3) is 0 Å². The summed E-state index contributed by atoms with van der Waals surface area (Å²) in [7, 11) is 0. The van der Waals surface area contributed by atoms with Crippen LogP contribution in [-0.2, 0) is 0 Å². The molecule has 0 N–H and O–H groups in total. The van der Waals surface area contributed by atoms with Crippen molar-refractivity contribution < 1.29 is 4.39 Å². The van der Waals surface area contributed by atoms with E-state index in [9.17, 15) is 4.39 Å². The Balaban J connectivity index is 1.99. The summed E-state index contributed by atoms with van der Waals surface area (Å²) in [5.74, 6) is -0.273. The van der Waals surface area contributed by atoms with E-state index in [0.717, 1.165) is 21.2 Å². The van der Waals surface area contributed by atoms with Gasteiger partial charge in [-0.25, -0.2) is 4.39 Å². The maximum atomic E-state index is 13.4. The number of hydrogen-bond donors (Lipinski definition) is 0. The Hall–Kier alpha value is -2.26. The number of nitrogens with zero attached hydrogens (tertiary/aromatic N) is 1. The highest BCUT2D eigenvalue weighted by Crippen LogP contribution is 2.26. The minimum Gasteiger partial charge on any atom is -0.280 e. The van der Waals surface area contributed by atoms with E-state index in [1.807, 2.05) is 36.4 Å². The van der Waals surface area contributed by atoms with Crippen molar-refractivity contribution >= 4 is 22.1 Å². The Morgan fingerprint density at radius 3 is 1.96 bits per heavy atom. The molecule has 23 heavy (non-hydrogen) atoms. The SMILES string of the molecule is Fc1ccc(Br)c(C=NC(c2ccccc2)c2ccccc2)c1. The largest absolute Gasteiger partial charge is 0.280 e. The van der Waals surface area contributed by atoms with Crippen LogP contribution in [0.4, 0.5) is 4.39 Å². The molecule has 0 amide bonds. The molecule has 0 bridgehead atoms. The van der Waals surface area contributed by atoms with Crippen LogP contribution in [-0.4, -0.2) is 6.21 Å². The molecule has 0 aliphatic rings. The number of aliphatic imine (C=N–C) groups is 1. The Morgan fingerprint density at radius 2 is 1.39 bits per heavy atom. The molecule has 0 saturated heterocycles. The standard InChI is InChI=1S/C20H15BrFN/c21-19-12-11-18(22)13-17(19)14-23-20(15-7-3-1-4-8-15)16-9-5-2-6-10-16/h1-14,20H. The molecule has 0 aromatic heterocycles. The number of benzene rings is 3. The third-order valence-corrected chi connectivity index (χ3v) is 4.27. The Bertz CT molecular complexity index is 761. The van der Waals surface area contributed by atoms with Gasteiger partial charge >= 0.3 is 0 Å². The van der Waals surface area contributed by atoms with E-state index in [2.05, 4.69) is 40.2 Å². The van der Waals surface area contributed by atoms with Gasteiger partial charge in [0.05, 0.1) is 6.04 Å². The summed E-state index contributed by atoms with van der Waals surface area (Å²) in [4.78, 5) is 4.71. The lowest BCUT2D eigenvalue weighted by Gasteiger charge is -2.13. The molecule has 3 aromatic rings. The lowest BCUT2D eigenvalue weighted by Crippen LogP contribution is -1.99. The number of rotatable bonds is 4. The molecule has 0 aliphatic carbocycles. The Morgan fingerprint density at radius 1 is 0.826 bits per heavy atom. The van der Waals surface area contributed by atoms with Crippen molar-refractivity contribution in [3.05, 3.63) is 106 Å². The van der Waals surface area contributed by atoms with Crippen molar-refractivity contribution in [3.63, 3.8) is 0 Å². The van der Waals surface area contributed by atoms with Crippen LogP contribution in [0.3, 0.4) is 0 Å². The third-order valence-electron chi connectivity index (χ3n) is 3.55. The van der Waals surface area contributed by atoms with E-state index >= 15 is 0 Å². The molecule has 0 spiro atoms. The van der Waals surface area contributed by atoms with E-state index in [1.54, 1.807) is 12.3 Å². The van der Waals surface area contributed by atoms with E-state index in [4.69, 9.17) is 4.99 Å². The summed E-state index contributed by atoms with van der Waals surface area (Å²) in [6.45, 7) is 0. The van der Waals surface area contributed by atoms with Crippen molar-refractivity contribution in [1.29, 1.82) is 0 Å². The third kappa shape index (κ3) is 3.93. The van der Waals surface area contributed by atoms with Gasteiger partial charge in [0.2, 0.25) is 0 Å². The molecular weight excluding hydrogens is 353 g/mol. The van der Waals surface area contributed by atoms with Gasteiger partial charge in [-0.15, -0.1) is 0 Å². The highest BCUT2D eigenvalue weighted by Gasteiger charge is 2.11. The molecule has 114 valence electrons. The van der Waals surface area contributed by atoms with Gasteiger partial charge < -0.3 is 0 Å². The van der Waals surface area contributed by atoms with Crippen molar-refractivity contribution in [2.24, 2.45) is 4.99 Å². The first kappa shape index (κ1) is 15.6. The van der Waals surface area contributed by atoms with Gasteiger partial charge in [0.15, 0.2) is 0 Å². The molecule has 1 nitrogen and oxygen atoms in total. The summed E-state index contributed by atoms with van der Waals surface area (Å²) >= 11 is 3.44. The maximum Gasteiger partial charge on any atom is 0.123 e. The predicted molar refractivity (Wildman–Crippen MR) is 96.4 cm³/mol. The lowest BCUT2D eigenvalue weighted by atomic mass is 9.99. The minimum atomic E-state index is -0.273. The minimum absolute atomic E-state index is 0.118. The van der Waals surface area contributed by atoms with Crippen molar-refractivity contribution in [2.45, 2.75) is 6.04 Å². The van der Waals surface area contributed by atoms with Gasteiger partial charge in [0, 0.05) is 16.3 Å². The van der Waals surface area contributed by atoms with Crippen LogP contribution < -0.4 is 0 Å². The second kappa shape index (κ2) is 7.34. The van der Waals surface area contributed by atoms with Gasteiger partial charge in [-0.1, -0.05) is 76.6 Å². The van der Waals surface area contributed by atoms with Crippen molar-refractivity contribution in [2.75, 3.05) is 0 Å². The van der Waals surface area contributed by atoms with Gasteiger partial charge in [-0.05, 0) is 29.3 Å². The van der Waals surface area contributed by atoms with E-state index in [-0.39, 0.29) is 11.9 Å². The topological polar surface area (TPSA) is 12.4 Å². The number of hydrogen-bond acceptors (Lipinski definition) is 1. The van der Waals surface area contributed by atoms with Crippen LogP contribution in [0.15, 0.2) is 88.3 Å². The van der Waals surface area contributed by atoms with E-state index < -0.39 is 0 Å². The van der Waals surface area contributed by atoms with Crippen molar-refractivity contribution in [1.82, 2.24) is 0 Å². The predicted octanol–water partition coefficient (Wildman–Crippen LogP) is 5.80. The first-order chi connectivity index (χ1) is 11.2. The molecule has 0 fully saturated rings. The first-order valence-electron chi connectivity index (χ1n) is 7.32. The quantitative estimate of drug-likeness (QED) is 0.517. The highest BCUT2D eigenvalue weighted by atomic mass is 79.9. The highest BCUT2D eigenvalue weighted by molar-refractivity contribution is 9.10. The number of halogens is 2. The van der Waals surface area contributed by atoms with E-state index in [1.165, 1.54) is 12.1 Å². The Kier molecular flexibility index (Phi) is 4.99. The van der Waals surface area contributed by atoms with Crippen LogP contribution >= 0.6 is 15.9 Å². The Labute approximate surface area is 143 Å². The molecule has 3 rings (SSSR count). The average Bonchev–Trinajstić information content (AvgIpc) is 2.60. The zero-order valence-electron chi connectivity index (χ0n) is 12.4. The first-order valence-corrected chi connectivity index (χ1v) is 8.11. The summed E-state index contributed by atoms with van der Waals surface area (Å²) in [5, 5.41) is 0. The van der Waals surface area contributed by atoms with Gasteiger partial charge in [-0.2, -0.15) is 0 Å². The molecule has 0 aliphatic heterocycles. The van der Waals surface area contributed by atoms with Crippen molar-refractivity contribution in [3.8, 4) is 0 Å². The maximum absolute atomic E-state index is 13.4. The second-order valence-corrected chi connectivity index (χ2v) is 6.02. The molecular formula is C20H15BrFN. The van der Waals surface area contributed by atoms with Gasteiger partial charge in [-0.3, -0.25) is 4.99 Å². The lowest BCUT2D eigenvalue weighted by molar-refractivity contribution is 0.627. The van der Waals surface area contributed by atoms with Crippen LogP contribution in [0, 0.1) is 5.82 Å². The molecule has 0 radical (unpaired) electrons. The van der Waals surface area contributed by atoms with Crippen LogP contribution in [0.2, 0.25) is 0 Å². The molecule has 0 atom stereocenters. The fourth-order valence-electron chi connectivity index (χ4n) is 2.40. The van der Waals surface area contributed by atoms with Crippen LogP contribution in [0.5, 0.6) is 0 Å². The summed E-state index contributed by atoms with van der Waals surface area (Å²) in [6, 6.07) is 24.6. The average molecular weight is 368 g/mol. The molecule has 0 saturated carbocycles. The summed E-state index contributed by atoms with van der Waals surface area (Å²) in [6.07, 6.45) is 1.72. The molecule has 3 heteroatoms. The fourth-order valence-corrected chi connectivity index (χ4v) is 2.75. The monoisotopic (exact) mass is 367 g/mol. The van der Waals surface area contributed by atoms with Gasteiger partial charge in [0.1, 0.15) is 5.82 Å². The molecule has 0 unspecified atom stereocenters.